The van der Waals surface area contributed by atoms with Gasteiger partial charge in [0.25, 0.3) is 0 Å². The topological polar surface area (TPSA) is 206 Å². The fourth-order valence-electron chi connectivity index (χ4n) is 5.75. The third-order valence-corrected chi connectivity index (χ3v) is 7.81. The van der Waals surface area contributed by atoms with E-state index in [1.807, 2.05) is 0 Å². The van der Waals surface area contributed by atoms with Crippen molar-refractivity contribution in [2.75, 3.05) is 13.7 Å². The van der Waals surface area contributed by atoms with Gasteiger partial charge in [0.05, 0.1) is 42.1 Å². The van der Waals surface area contributed by atoms with Gasteiger partial charge in [0.1, 0.15) is 29.5 Å². The first kappa shape index (κ1) is 27.2. The molecular formula is C27H29NO11. The molecule has 3 aliphatic rings. The smallest absolute Gasteiger partial charge is 0.202 e. The van der Waals surface area contributed by atoms with Crippen molar-refractivity contribution >= 4 is 17.3 Å². The molecule has 1 saturated heterocycles. The predicted molar refractivity (Wildman–Crippen MR) is 132 cm³/mol. The van der Waals surface area contributed by atoms with Crippen LogP contribution in [0.3, 0.4) is 0 Å². The van der Waals surface area contributed by atoms with Crippen molar-refractivity contribution in [2.24, 2.45) is 5.73 Å². The number of hydrogen-bond donors (Lipinski definition) is 6. The van der Waals surface area contributed by atoms with Crippen LogP contribution in [0.1, 0.15) is 68.8 Å². The molecule has 0 amide bonds. The molecule has 0 aromatic heterocycles. The summed E-state index contributed by atoms with van der Waals surface area (Å²) in [4.78, 5) is 39.7. The van der Waals surface area contributed by atoms with E-state index in [1.165, 1.54) is 25.3 Å². The average Bonchev–Trinajstić information content (AvgIpc) is 2.90. The molecule has 0 radical (unpaired) electrons. The van der Waals surface area contributed by atoms with E-state index >= 15 is 0 Å². The van der Waals surface area contributed by atoms with Crippen LogP contribution in [0.25, 0.3) is 0 Å². The van der Waals surface area contributed by atoms with E-state index in [-0.39, 0.29) is 34.4 Å². The average molecular weight is 544 g/mol. The summed E-state index contributed by atoms with van der Waals surface area (Å²) in [6, 6.07) is 3.64. The van der Waals surface area contributed by atoms with Gasteiger partial charge in [0.15, 0.2) is 17.9 Å². The Bertz CT molecular complexity index is 1380. The van der Waals surface area contributed by atoms with Crippen molar-refractivity contribution < 1.29 is 54.1 Å². The van der Waals surface area contributed by atoms with E-state index in [0.717, 1.165) is 0 Å². The Morgan fingerprint density at radius 3 is 2.49 bits per heavy atom. The summed E-state index contributed by atoms with van der Waals surface area (Å²) >= 11 is 0. The number of fused-ring (bicyclic) bond motifs is 3. The van der Waals surface area contributed by atoms with Crippen LogP contribution in [0.2, 0.25) is 0 Å². The zero-order valence-corrected chi connectivity index (χ0v) is 21.2. The van der Waals surface area contributed by atoms with Crippen LogP contribution in [0.4, 0.5) is 0 Å². The lowest BCUT2D eigenvalue weighted by Gasteiger charge is -2.42. The number of nitrogens with two attached hydrogens (primary N) is 1. The Morgan fingerprint density at radius 1 is 1.15 bits per heavy atom. The van der Waals surface area contributed by atoms with Crippen LogP contribution < -0.4 is 10.5 Å². The van der Waals surface area contributed by atoms with Crippen LogP contribution in [0, 0.1) is 0 Å². The third kappa shape index (κ3) is 4.11. The number of Topliss-reactive ketones (excluding diaryl/α,β-unsaturated/α-hetero) is 1. The molecular weight excluding hydrogens is 514 g/mol. The largest absolute Gasteiger partial charge is 0.507 e. The molecule has 6 atom stereocenters. The summed E-state index contributed by atoms with van der Waals surface area (Å²) in [6.45, 7) is 0.560. The van der Waals surface area contributed by atoms with Gasteiger partial charge in [-0.25, -0.2) is 0 Å². The highest BCUT2D eigenvalue weighted by Crippen LogP contribution is 2.52. The lowest BCUT2D eigenvalue weighted by molar-refractivity contribution is -0.247. The SMILES string of the molecule is COc1cccc2c1C(=O)c1c(O)c3c(c(O)c1C2=O)CC(O)(C(=O)CO)CC3O[C@H]1CC(N)C(O)C(C)O1. The van der Waals surface area contributed by atoms with Gasteiger partial charge in [0, 0.05) is 42.0 Å². The standard InChI is InChI=1S/C27H29NO11/c1-10-22(31)13(28)6-17(38-10)39-15-8-27(36,16(30)9-29)7-12-19(15)26(35)21-20(24(12)33)23(32)11-4-3-5-14(37-2)18(11)25(21)34/h3-5,10,13,15,17,22,29,31,33,35-36H,6-9,28H2,1-2H3/t10?,13?,15?,17-,22?,27?/m0/s1. The number of phenols is 2. The minimum Gasteiger partial charge on any atom is -0.507 e. The Kier molecular flexibility index (Phi) is 6.74. The second kappa shape index (κ2) is 9.66. The molecule has 39 heavy (non-hydrogen) atoms. The second-order valence-electron chi connectivity index (χ2n) is 10.2. The third-order valence-electron chi connectivity index (χ3n) is 7.81. The molecule has 2 aliphatic carbocycles. The van der Waals surface area contributed by atoms with Gasteiger partial charge >= 0.3 is 0 Å². The number of hydrogen-bond acceptors (Lipinski definition) is 12. The Morgan fingerprint density at radius 2 is 1.85 bits per heavy atom. The summed E-state index contributed by atoms with van der Waals surface area (Å²) in [5, 5.41) is 53.7. The lowest BCUT2D eigenvalue weighted by atomic mass is 9.72. The minimum atomic E-state index is -2.24. The summed E-state index contributed by atoms with van der Waals surface area (Å²) in [5.74, 6) is -3.77. The maximum absolute atomic E-state index is 13.6. The molecule has 0 saturated carbocycles. The second-order valence-corrected chi connectivity index (χ2v) is 10.2. The van der Waals surface area contributed by atoms with Crippen molar-refractivity contribution in [3.05, 3.63) is 51.6 Å². The maximum Gasteiger partial charge on any atom is 0.202 e. The molecule has 0 spiro atoms. The van der Waals surface area contributed by atoms with Crippen LogP contribution in [0.5, 0.6) is 17.2 Å². The Labute approximate surface area is 222 Å². The molecule has 1 fully saturated rings. The van der Waals surface area contributed by atoms with Crippen molar-refractivity contribution in [1.82, 2.24) is 0 Å². The summed E-state index contributed by atoms with van der Waals surface area (Å²) in [6.07, 6.45) is -5.12. The first-order valence-corrected chi connectivity index (χ1v) is 12.4. The van der Waals surface area contributed by atoms with Crippen LogP contribution in [-0.4, -0.2) is 86.7 Å². The van der Waals surface area contributed by atoms with Gasteiger partial charge in [0.2, 0.25) is 5.78 Å². The van der Waals surface area contributed by atoms with Crippen LogP contribution in [0.15, 0.2) is 18.2 Å². The molecule has 0 bridgehead atoms. The molecule has 1 heterocycles. The number of methoxy groups -OCH3 is 1. The van der Waals surface area contributed by atoms with Gasteiger partial charge < -0.3 is 45.5 Å². The van der Waals surface area contributed by atoms with Gasteiger partial charge in [-0.05, 0) is 13.0 Å². The van der Waals surface area contributed by atoms with Gasteiger partial charge in [-0.3, -0.25) is 14.4 Å². The van der Waals surface area contributed by atoms with E-state index in [9.17, 15) is 39.9 Å². The number of aliphatic hydroxyl groups excluding tert-OH is 2. The highest BCUT2D eigenvalue weighted by atomic mass is 16.7. The number of carbonyl (C=O) groups is 3. The quantitative estimate of drug-likeness (QED) is 0.235. The van der Waals surface area contributed by atoms with E-state index < -0.39 is 95.7 Å². The number of phenolic OH excluding ortho intramolecular Hbond substituents is 2. The number of ketones is 3. The fourth-order valence-corrected chi connectivity index (χ4v) is 5.75. The predicted octanol–water partition coefficient (Wildman–Crippen LogP) is 0.00130. The van der Waals surface area contributed by atoms with Gasteiger partial charge in [-0.2, -0.15) is 0 Å². The molecule has 12 heteroatoms. The number of benzene rings is 2. The Balaban J connectivity index is 1.69. The highest BCUT2D eigenvalue weighted by molar-refractivity contribution is 6.31. The molecule has 5 unspecified atom stereocenters. The van der Waals surface area contributed by atoms with E-state index in [0.29, 0.717) is 0 Å². The first-order valence-electron chi connectivity index (χ1n) is 12.4. The van der Waals surface area contributed by atoms with Gasteiger partial charge in [-0.1, -0.05) is 12.1 Å². The van der Waals surface area contributed by atoms with Crippen molar-refractivity contribution in [2.45, 2.75) is 62.4 Å². The molecule has 2 aromatic rings. The van der Waals surface area contributed by atoms with Crippen molar-refractivity contribution in [3.63, 3.8) is 0 Å². The first-order chi connectivity index (χ1) is 18.4. The Hall–Kier alpha value is -3.39. The molecule has 2 aromatic carbocycles. The van der Waals surface area contributed by atoms with E-state index in [4.69, 9.17) is 19.9 Å². The molecule has 7 N–H and O–H groups in total. The van der Waals surface area contributed by atoms with Crippen LogP contribution >= 0.6 is 0 Å². The fraction of sp³-hybridized carbons (Fsp3) is 0.444. The summed E-state index contributed by atoms with van der Waals surface area (Å²) in [7, 11) is 1.32. The number of rotatable bonds is 5. The summed E-state index contributed by atoms with van der Waals surface area (Å²) < 4.78 is 17.0. The highest BCUT2D eigenvalue weighted by Gasteiger charge is 2.50. The molecule has 1 aliphatic heterocycles. The summed E-state index contributed by atoms with van der Waals surface area (Å²) in [5.41, 5.74) is 2.37. The van der Waals surface area contributed by atoms with E-state index in [2.05, 4.69) is 0 Å². The number of aliphatic hydroxyl groups is 3. The van der Waals surface area contributed by atoms with Crippen LogP contribution in [-0.2, 0) is 20.7 Å². The van der Waals surface area contributed by atoms with Crippen molar-refractivity contribution in [3.8, 4) is 17.2 Å². The normalized spacial score (nSPS) is 29.8. The molecule has 5 rings (SSSR count). The minimum absolute atomic E-state index is 0.0173. The zero-order valence-electron chi connectivity index (χ0n) is 21.2. The molecule has 208 valence electrons. The monoisotopic (exact) mass is 543 g/mol. The lowest BCUT2D eigenvalue weighted by Crippen LogP contribution is -2.53. The zero-order chi connectivity index (χ0) is 28.4. The number of carbonyl (C=O) groups excluding carboxylic acids is 3. The van der Waals surface area contributed by atoms with Gasteiger partial charge in [-0.15, -0.1) is 0 Å². The van der Waals surface area contributed by atoms with E-state index in [1.54, 1.807) is 6.92 Å². The maximum atomic E-state index is 13.6. The molecule has 12 nitrogen and oxygen atoms in total. The number of aromatic hydroxyl groups is 2. The van der Waals surface area contributed by atoms with Crippen molar-refractivity contribution in [1.29, 1.82) is 0 Å². The number of ether oxygens (including phenoxy) is 3.